The van der Waals surface area contributed by atoms with Crippen LogP contribution in [0.3, 0.4) is 0 Å². The summed E-state index contributed by atoms with van der Waals surface area (Å²) in [5, 5.41) is 3.63. The number of hydrogen-bond acceptors (Lipinski definition) is 4. The molecule has 0 radical (unpaired) electrons. The topological polar surface area (TPSA) is 95.6 Å². The van der Waals surface area contributed by atoms with E-state index in [9.17, 15) is 18.0 Å². The predicted molar refractivity (Wildman–Crippen MR) is 162 cm³/mol. The second kappa shape index (κ2) is 14.1. The first kappa shape index (κ1) is 30.8. The van der Waals surface area contributed by atoms with Crippen LogP contribution in [-0.4, -0.2) is 37.7 Å². The fraction of sp³-hybridized carbons (Fsp3) is 0.375. The third kappa shape index (κ3) is 9.15. The molecule has 0 aliphatic heterocycles. The molecular weight excluding hydrogens is 558 g/mol. The van der Waals surface area contributed by atoms with Crippen LogP contribution in [0, 0.1) is 5.92 Å². The van der Waals surface area contributed by atoms with Crippen LogP contribution in [-0.2, 0) is 32.6 Å². The maximum absolute atomic E-state index is 13.9. The Morgan fingerprint density at radius 1 is 0.927 bits per heavy atom. The van der Waals surface area contributed by atoms with Crippen molar-refractivity contribution >= 4 is 33.4 Å². The minimum absolute atomic E-state index is 0.0315. The Labute approximate surface area is 248 Å². The van der Waals surface area contributed by atoms with Gasteiger partial charge >= 0.3 is 0 Å². The largest absolute Gasteiger partial charge is 0.354 e. The van der Waals surface area contributed by atoms with Crippen LogP contribution in [0.15, 0.2) is 83.8 Å². The Morgan fingerprint density at radius 3 is 2.17 bits per heavy atom. The number of nitrogens with one attached hydrogen (secondary N) is 2. The van der Waals surface area contributed by atoms with Gasteiger partial charge in [0.2, 0.25) is 21.8 Å². The van der Waals surface area contributed by atoms with Crippen molar-refractivity contribution < 1.29 is 18.0 Å². The zero-order valence-electron chi connectivity index (χ0n) is 23.6. The van der Waals surface area contributed by atoms with Crippen molar-refractivity contribution in [3.63, 3.8) is 0 Å². The van der Waals surface area contributed by atoms with Gasteiger partial charge in [-0.15, -0.1) is 0 Å². The second-order valence-corrected chi connectivity index (χ2v) is 13.1. The molecule has 3 aromatic rings. The molecule has 0 spiro atoms. The Kier molecular flexibility index (Phi) is 10.6. The Hall–Kier alpha value is -3.20. The van der Waals surface area contributed by atoms with Crippen molar-refractivity contribution in [2.24, 2.45) is 5.92 Å². The lowest BCUT2D eigenvalue weighted by Gasteiger charge is -2.32. The van der Waals surface area contributed by atoms with Crippen molar-refractivity contribution in [1.82, 2.24) is 14.9 Å². The standard InChI is InChI=1S/C32H38ClN3O4S/c1-23(2)20-21-34-32(38)31(26-6-4-3-5-7-26)36(22-25-8-13-27(33)14-9-25)30(37)19-12-24-10-17-29(18-11-24)41(39,40)35-28-15-16-28/h3-11,13-14,17-18,23,28,31,35H,12,15-16,19-22H2,1-2H3,(H,34,38). The van der Waals surface area contributed by atoms with E-state index in [4.69, 9.17) is 11.6 Å². The molecule has 3 aromatic carbocycles. The molecule has 1 aliphatic carbocycles. The lowest BCUT2D eigenvalue weighted by molar-refractivity contribution is -0.141. The molecule has 218 valence electrons. The van der Waals surface area contributed by atoms with Gasteiger partial charge in [0.15, 0.2) is 0 Å². The fourth-order valence-electron chi connectivity index (χ4n) is 4.52. The quantitative estimate of drug-likeness (QED) is 0.252. The highest BCUT2D eigenvalue weighted by atomic mass is 35.5. The van der Waals surface area contributed by atoms with E-state index in [2.05, 4.69) is 23.9 Å². The first-order valence-electron chi connectivity index (χ1n) is 14.1. The summed E-state index contributed by atoms with van der Waals surface area (Å²) >= 11 is 6.10. The highest BCUT2D eigenvalue weighted by molar-refractivity contribution is 7.89. The Balaban J connectivity index is 1.55. The molecule has 7 nitrogen and oxygen atoms in total. The van der Waals surface area contributed by atoms with E-state index in [0.29, 0.717) is 23.9 Å². The van der Waals surface area contributed by atoms with E-state index in [1.165, 1.54) is 0 Å². The molecular formula is C32H38ClN3O4S. The van der Waals surface area contributed by atoms with Gasteiger partial charge in [0.25, 0.3) is 0 Å². The first-order valence-corrected chi connectivity index (χ1v) is 16.0. The lowest BCUT2D eigenvalue weighted by Crippen LogP contribution is -2.43. The molecule has 0 heterocycles. The minimum atomic E-state index is -3.54. The van der Waals surface area contributed by atoms with Crippen LogP contribution in [0.1, 0.15) is 62.3 Å². The number of hydrogen-bond donors (Lipinski definition) is 2. The summed E-state index contributed by atoms with van der Waals surface area (Å²) in [4.78, 5) is 29.3. The number of nitrogens with zero attached hydrogens (tertiary/aromatic N) is 1. The third-order valence-electron chi connectivity index (χ3n) is 7.04. The van der Waals surface area contributed by atoms with Gasteiger partial charge in [0.05, 0.1) is 4.90 Å². The number of aryl methyl sites for hydroxylation is 1. The van der Waals surface area contributed by atoms with E-state index in [-0.39, 0.29) is 35.7 Å². The van der Waals surface area contributed by atoms with E-state index in [1.54, 1.807) is 41.3 Å². The molecule has 9 heteroatoms. The van der Waals surface area contributed by atoms with Crippen LogP contribution in [0.25, 0.3) is 0 Å². The summed E-state index contributed by atoms with van der Waals surface area (Å²) in [6.45, 7) is 4.95. The predicted octanol–water partition coefficient (Wildman–Crippen LogP) is 5.65. The summed E-state index contributed by atoms with van der Waals surface area (Å²) in [7, 11) is -3.54. The second-order valence-electron chi connectivity index (χ2n) is 11.0. The van der Waals surface area contributed by atoms with Crippen molar-refractivity contribution in [2.75, 3.05) is 6.54 Å². The maximum Gasteiger partial charge on any atom is 0.247 e. The van der Waals surface area contributed by atoms with Crippen LogP contribution in [0.2, 0.25) is 5.02 Å². The summed E-state index contributed by atoms with van der Waals surface area (Å²) in [5.41, 5.74) is 2.43. The number of benzene rings is 3. The average molecular weight is 596 g/mol. The van der Waals surface area contributed by atoms with Gasteiger partial charge in [-0.1, -0.05) is 80.0 Å². The average Bonchev–Trinajstić information content (AvgIpc) is 3.76. The molecule has 41 heavy (non-hydrogen) atoms. The highest BCUT2D eigenvalue weighted by Gasteiger charge is 2.31. The Morgan fingerprint density at radius 2 is 1.56 bits per heavy atom. The number of carbonyl (C=O) groups is 2. The van der Waals surface area contributed by atoms with Crippen LogP contribution in [0.4, 0.5) is 0 Å². The highest BCUT2D eigenvalue weighted by Crippen LogP contribution is 2.26. The van der Waals surface area contributed by atoms with Gasteiger partial charge in [0.1, 0.15) is 6.04 Å². The molecule has 1 aliphatic rings. The molecule has 1 atom stereocenters. The van der Waals surface area contributed by atoms with Gasteiger partial charge in [0, 0.05) is 30.6 Å². The third-order valence-corrected chi connectivity index (χ3v) is 8.83. The number of carbonyl (C=O) groups excluding carboxylic acids is 2. The van der Waals surface area contributed by atoms with Crippen LogP contribution < -0.4 is 10.0 Å². The molecule has 1 fully saturated rings. The molecule has 4 rings (SSSR count). The summed E-state index contributed by atoms with van der Waals surface area (Å²) in [6, 6.07) is 22.4. The summed E-state index contributed by atoms with van der Waals surface area (Å²) in [5.74, 6) is 0.0277. The van der Waals surface area contributed by atoms with Crippen LogP contribution in [0.5, 0.6) is 0 Å². The summed E-state index contributed by atoms with van der Waals surface area (Å²) in [6.07, 6.45) is 3.13. The monoisotopic (exact) mass is 595 g/mol. The summed E-state index contributed by atoms with van der Waals surface area (Å²) < 4.78 is 27.7. The number of rotatable bonds is 14. The van der Waals surface area contributed by atoms with Crippen LogP contribution >= 0.6 is 11.6 Å². The van der Waals surface area contributed by atoms with Gasteiger partial charge < -0.3 is 10.2 Å². The molecule has 1 saturated carbocycles. The van der Waals surface area contributed by atoms with Crippen molar-refractivity contribution in [1.29, 1.82) is 0 Å². The lowest BCUT2D eigenvalue weighted by atomic mass is 10.0. The zero-order chi connectivity index (χ0) is 29.4. The fourth-order valence-corrected chi connectivity index (χ4v) is 5.95. The molecule has 2 N–H and O–H groups in total. The Bertz CT molecular complexity index is 1410. The van der Waals surface area contributed by atoms with Gasteiger partial charge in [-0.25, -0.2) is 13.1 Å². The van der Waals surface area contributed by atoms with Gasteiger partial charge in [-0.2, -0.15) is 0 Å². The molecule has 0 bridgehead atoms. The first-order chi connectivity index (χ1) is 19.6. The van der Waals surface area contributed by atoms with Gasteiger partial charge in [-0.05, 0) is 72.6 Å². The minimum Gasteiger partial charge on any atom is -0.354 e. The SMILES string of the molecule is CC(C)CCNC(=O)C(c1ccccc1)N(Cc1ccc(Cl)cc1)C(=O)CCc1ccc(S(=O)(=O)NC2CC2)cc1. The normalized spacial score (nSPS) is 14.0. The van der Waals surface area contributed by atoms with Crippen molar-refractivity contribution in [3.8, 4) is 0 Å². The molecule has 0 aromatic heterocycles. The van der Waals surface area contributed by atoms with E-state index in [0.717, 1.165) is 36.0 Å². The number of halogens is 1. The smallest absolute Gasteiger partial charge is 0.247 e. The van der Waals surface area contributed by atoms with Crippen molar-refractivity contribution in [3.05, 3.63) is 101 Å². The van der Waals surface area contributed by atoms with E-state index >= 15 is 0 Å². The molecule has 2 amide bonds. The number of sulfonamides is 1. The van der Waals surface area contributed by atoms with E-state index < -0.39 is 16.1 Å². The van der Waals surface area contributed by atoms with E-state index in [1.807, 2.05) is 42.5 Å². The zero-order valence-corrected chi connectivity index (χ0v) is 25.1. The molecule has 1 unspecified atom stereocenters. The molecule has 0 saturated heterocycles. The van der Waals surface area contributed by atoms with Crippen molar-refractivity contribution in [2.45, 2.75) is 69.5 Å². The maximum atomic E-state index is 13.9. The van der Waals surface area contributed by atoms with Gasteiger partial charge in [-0.3, -0.25) is 9.59 Å². The number of amides is 2.